The lowest BCUT2D eigenvalue weighted by atomic mass is 9.78. The highest BCUT2D eigenvalue weighted by atomic mass is 14.9. The molecular formula is C18H36N2. The van der Waals surface area contributed by atoms with E-state index >= 15 is 0 Å². The van der Waals surface area contributed by atoms with Crippen LogP contribution in [0.15, 0.2) is 0 Å². The molecule has 1 saturated carbocycles. The van der Waals surface area contributed by atoms with E-state index < -0.39 is 0 Å². The van der Waals surface area contributed by atoms with Gasteiger partial charge in [-0.3, -0.25) is 0 Å². The van der Waals surface area contributed by atoms with Gasteiger partial charge in [0.25, 0.3) is 0 Å². The molecule has 0 spiro atoms. The topological polar surface area (TPSA) is 24.1 Å². The van der Waals surface area contributed by atoms with Gasteiger partial charge >= 0.3 is 0 Å². The molecule has 1 aliphatic heterocycles. The Kier molecular flexibility index (Phi) is 6.83. The van der Waals surface area contributed by atoms with E-state index in [0.29, 0.717) is 5.41 Å². The summed E-state index contributed by atoms with van der Waals surface area (Å²) in [6, 6.07) is 0.807. The molecule has 0 aromatic carbocycles. The van der Waals surface area contributed by atoms with Crippen LogP contribution in [0.25, 0.3) is 0 Å². The van der Waals surface area contributed by atoms with E-state index in [1.165, 1.54) is 83.8 Å². The number of hydrogen-bond acceptors (Lipinski definition) is 2. The van der Waals surface area contributed by atoms with Gasteiger partial charge in [0, 0.05) is 12.6 Å². The zero-order chi connectivity index (χ0) is 14.3. The minimum Gasteiger partial charge on any atom is -0.316 e. The summed E-state index contributed by atoms with van der Waals surface area (Å²) in [5, 5.41) is 7.44. The Labute approximate surface area is 126 Å². The van der Waals surface area contributed by atoms with Crippen LogP contribution in [0.2, 0.25) is 0 Å². The Morgan fingerprint density at radius 3 is 2.60 bits per heavy atom. The van der Waals surface area contributed by atoms with Crippen LogP contribution in [0.4, 0.5) is 0 Å². The summed E-state index contributed by atoms with van der Waals surface area (Å²) in [6.07, 6.45) is 14.2. The predicted molar refractivity (Wildman–Crippen MR) is 88.1 cm³/mol. The molecular weight excluding hydrogens is 244 g/mol. The third kappa shape index (κ3) is 5.37. The minimum atomic E-state index is 0.636. The van der Waals surface area contributed by atoms with Crippen molar-refractivity contribution in [1.82, 2.24) is 10.6 Å². The number of rotatable bonds is 8. The normalized spacial score (nSPS) is 26.2. The fourth-order valence-electron chi connectivity index (χ4n) is 4.44. The molecule has 0 radical (unpaired) electrons. The van der Waals surface area contributed by atoms with E-state index in [1.54, 1.807) is 0 Å². The average molecular weight is 280 g/mol. The van der Waals surface area contributed by atoms with Gasteiger partial charge in [-0.15, -0.1) is 0 Å². The second-order valence-electron chi connectivity index (χ2n) is 7.77. The van der Waals surface area contributed by atoms with Crippen LogP contribution in [0, 0.1) is 11.3 Å². The van der Waals surface area contributed by atoms with Crippen LogP contribution < -0.4 is 10.6 Å². The quantitative estimate of drug-likeness (QED) is 0.654. The molecule has 2 fully saturated rings. The van der Waals surface area contributed by atoms with E-state index in [1.807, 2.05) is 0 Å². The Hall–Kier alpha value is -0.0800. The fourth-order valence-corrected chi connectivity index (χ4v) is 4.44. The molecule has 118 valence electrons. The van der Waals surface area contributed by atoms with Crippen molar-refractivity contribution in [2.24, 2.45) is 11.3 Å². The van der Waals surface area contributed by atoms with Crippen LogP contribution in [0.1, 0.15) is 78.1 Å². The molecule has 1 saturated heterocycles. The highest BCUT2D eigenvalue weighted by Crippen LogP contribution is 2.42. The first-order chi connectivity index (χ1) is 9.70. The van der Waals surface area contributed by atoms with Crippen molar-refractivity contribution in [2.45, 2.75) is 84.1 Å². The zero-order valence-corrected chi connectivity index (χ0v) is 13.8. The molecule has 2 nitrogen and oxygen atoms in total. The number of piperidine rings is 1. The van der Waals surface area contributed by atoms with Crippen LogP contribution >= 0.6 is 0 Å². The lowest BCUT2D eigenvalue weighted by Crippen LogP contribution is -2.36. The van der Waals surface area contributed by atoms with Crippen molar-refractivity contribution in [1.29, 1.82) is 0 Å². The molecule has 20 heavy (non-hydrogen) atoms. The summed E-state index contributed by atoms with van der Waals surface area (Å²) < 4.78 is 0. The summed E-state index contributed by atoms with van der Waals surface area (Å²) in [6.45, 7) is 8.50. The van der Waals surface area contributed by atoms with Crippen LogP contribution in [0.3, 0.4) is 0 Å². The summed E-state index contributed by atoms with van der Waals surface area (Å²) in [7, 11) is 0. The Morgan fingerprint density at radius 1 is 1.15 bits per heavy atom. The highest BCUT2D eigenvalue weighted by molar-refractivity contribution is 4.87. The maximum atomic E-state index is 3.79. The molecule has 1 unspecified atom stereocenters. The SMILES string of the molecule is CC(C)CC1(CNCCCC2CCCCN2)CCCC1. The van der Waals surface area contributed by atoms with Crippen molar-refractivity contribution in [3.8, 4) is 0 Å². The standard InChI is InChI=1S/C18H36N2/c1-16(2)14-18(10-4-5-11-18)15-19-12-7-9-17-8-3-6-13-20-17/h16-17,19-20H,3-15H2,1-2H3. The van der Waals surface area contributed by atoms with E-state index in [4.69, 9.17) is 0 Å². The molecule has 2 aliphatic rings. The molecule has 2 N–H and O–H groups in total. The van der Waals surface area contributed by atoms with Gasteiger partial charge in [0.15, 0.2) is 0 Å². The number of hydrogen-bond donors (Lipinski definition) is 2. The zero-order valence-electron chi connectivity index (χ0n) is 13.8. The maximum Gasteiger partial charge on any atom is 0.00675 e. The molecule has 1 heterocycles. The molecule has 0 amide bonds. The Morgan fingerprint density at radius 2 is 1.95 bits per heavy atom. The summed E-state index contributed by atoms with van der Waals surface area (Å²) in [5.41, 5.74) is 0.636. The van der Waals surface area contributed by atoms with E-state index in [2.05, 4.69) is 24.5 Å². The summed E-state index contributed by atoms with van der Waals surface area (Å²) in [4.78, 5) is 0. The second-order valence-corrected chi connectivity index (χ2v) is 7.77. The first-order valence-electron chi connectivity index (χ1n) is 9.14. The van der Waals surface area contributed by atoms with Crippen molar-refractivity contribution in [3.63, 3.8) is 0 Å². The van der Waals surface area contributed by atoms with Crippen molar-refractivity contribution in [2.75, 3.05) is 19.6 Å². The molecule has 1 atom stereocenters. The van der Waals surface area contributed by atoms with Crippen LogP contribution in [-0.4, -0.2) is 25.7 Å². The molecule has 2 heteroatoms. The maximum absolute atomic E-state index is 3.79. The van der Waals surface area contributed by atoms with Gasteiger partial charge in [-0.05, 0) is 69.4 Å². The third-order valence-corrected chi connectivity index (χ3v) is 5.32. The van der Waals surface area contributed by atoms with Gasteiger partial charge in [-0.2, -0.15) is 0 Å². The van der Waals surface area contributed by atoms with Crippen molar-refractivity contribution >= 4 is 0 Å². The van der Waals surface area contributed by atoms with Gasteiger partial charge in [0.05, 0.1) is 0 Å². The van der Waals surface area contributed by atoms with Gasteiger partial charge in [-0.25, -0.2) is 0 Å². The van der Waals surface area contributed by atoms with E-state index in [9.17, 15) is 0 Å². The molecule has 2 rings (SSSR count). The van der Waals surface area contributed by atoms with Crippen molar-refractivity contribution in [3.05, 3.63) is 0 Å². The summed E-state index contributed by atoms with van der Waals surface area (Å²) in [5.74, 6) is 0.848. The Bertz CT molecular complexity index is 250. The van der Waals surface area contributed by atoms with Gasteiger partial charge in [-0.1, -0.05) is 33.1 Å². The fraction of sp³-hybridized carbons (Fsp3) is 1.00. The average Bonchev–Trinajstić information content (AvgIpc) is 2.87. The predicted octanol–water partition coefficient (Wildman–Crippen LogP) is 4.10. The smallest absolute Gasteiger partial charge is 0.00675 e. The van der Waals surface area contributed by atoms with Gasteiger partial charge in [0.2, 0.25) is 0 Å². The van der Waals surface area contributed by atoms with Crippen LogP contribution in [-0.2, 0) is 0 Å². The van der Waals surface area contributed by atoms with Crippen molar-refractivity contribution < 1.29 is 0 Å². The largest absolute Gasteiger partial charge is 0.316 e. The lowest BCUT2D eigenvalue weighted by Gasteiger charge is -2.31. The monoisotopic (exact) mass is 280 g/mol. The number of nitrogens with one attached hydrogen (secondary N) is 2. The third-order valence-electron chi connectivity index (χ3n) is 5.32. The molecule has 0 aromatic rings. The molecule has 1 aliphatic carbocycles. The second kappa shape index (κ2) is 8.38. The van der Waals surface area contributed by atoms with E-state index in [0.717, 1.165) is 12.0 Å². The minimum absolute atomic E-state index is 0.636. The highest BCUT2D eigenvalue weighted by Gasteiger charge is 2.33. The Balaban J connectivity index is 1.58. The summed E-state index contributed by atoms with van der Waals surface area (Å²) >= 11 is 0. The van der Waals surface area contributed by atoms with E-state index in [-0.39, 0.29) is 0 Å². The first kappa shape index (κ1) is 16.3. The van der Waals surface area contributed by atoms with Gasteiger partial charge in [0.1, 0.15) is 0 Å². The molecule has 0 aromatic heterocycles. The molecule has 0 bridgehead atoms. The lowest BCUT2D eigenvalue weighted by molar-refractivity contribution is 0.223. The van der Waals surface area contributed by atoms with Gasteiger partial charge < -0.3 is 10.6 Å². The first-order valence-corrected chi connectivity index (χ1v) is 9.14. The van der Waals surface area contributed by atoms with Crippen LogP contribution in [0.5, 0.6) is 0 Å².